The largest absolute Gasteiger partial charge is 0.382 e. The second kappa shape index (κ2) is 5.66. The highest BCUT2D eigenvalue weighted by molar-refractivity contribution is 5.59. The first-order valence-corrected chi connectivity index (χ1v) is 7.72. The van der Waals surface area contributed by atoms with Crippen molar-refractivity contribution in [3.05, 3.63) is 33.4 Å². The number of nitro groups is 1. The topological polar surface area (TPSA) is 55.2 Å². The zero-order chi connectivity index (χ0) is 15.8. The van der Waals surface area contributed by atoms with E-state index in [2.05, 4.69) is 26.1 Å². The Morgan fingerprint density at radius 3 is 2.52 bits per heavy atom. The van der Waals surface area contributed by atoms with Crippen LogP contribution in [0.3, 0.4) is 0 Å². The average molecular weight is 290 g/mol. The predicted molar refractivity (Wildman–Crippen MR) is 86.8 cm³/mol. The van der Waals surface area contributed by atoms with E-state index in [0.29, 0.717) is 17.4 Å². The van der Waals surface area contributed by atoms with Gasteiger partial charge in [0.25, 0.3) is 5.69 Å². The smallest absolute Gasteiger partial charge is 0.272 e. The van der Waals surface area contributed by atoms with Gasteiger partial charge in [0.1, 0.15) is 0 Å². The van der Waals surface area contributed by atoms with Crippen LogP contribution in [0.25, 0.3) is 0 Å². The highest BCUT2D eigenvalue weighted by Gasteiger charge is 2.32. The van der Waals surface area contributed by atoms with Crippen LogP contribution in [0.1, 0.15) is 51.2 Å². The molecule has 2 atom stereocenters. The summed E-state index contributed by atoms with van der Waals surface area (Å²) in [6.07, 6.45) is 3.60. The van der Waals surface area contributed by atoms with E-state index in [9.17, 15) is 10.1 Å². The molecule has 1 aromatic carbocycles. The van der Waals surface area contributed by atoms with Gasteiger partial charge in [0.2, 0.25) is 0 Å². The quantitative estimate of drug-likeness (QED) is 0.640. The number of nitro benzene ring substituents is 1. The summed E-state index contributed by atoms with van der Waals surface area (Å²) in [6.45, 7) is 10.7. The van der Waals surface area contributed by atoms with Gasteiger partial charge in [-0.3, -0.25) is 10.1 Å². The molecule has 1 N–H and O–H groups in total. The number of anilines is 1. The fraction of sp³-hybridized carbons (Fsp3) is 0.647. The van der Waals surface area contributed by atoms with E-state index in [4.69, 9.17) is 0 Å². The maximum Gasteiger partial charge on any atom is 0.272 e. The van der Waals surface area contributed by atoms with Gasteiger partial charge < -0.3 is 5.32 Å². The van der Waals surface area contributed by atoms with Crippen molar-refractivity contribution in [3.63, 3.8) is 0 Å². The lowest BCUT2D eigenvalue weighted by atomic mass is 9.70. The van der Waals surface area contributed by atoms with Crippen LogP contribution in [-0.2, 0) is 0 Å². The lowest BCUT2D eigenvalue weighted by molar-refractivity contribution is -0.385. The van der Waals surface area contributed by atoms with E-state index < -0.39 is 0 Å². The van der Waals surface area contributed by atoms with Crippen LogP contribution in [0.5, 0.6) is 0 Å². The zero-order valence-electron chi connectivity index (χ0n) is 13.7. The van der Waals surface area contributed by atoms with Crippen molar-refractivity contribution >= 4 is 11.4 Å². The first kappa shape index (κ1) is 15.8. The molecule has 1 saturated carbocycles. The van der Waals surface area contributed by atoms with Crippen molar-refractivity contribution in [1.82, 2.24) is 0 Å². The van der Waals surface area contributed by atoms with Crippen molar-refractivity contribution in [2.75, 3.05) is 5.32 Å². The Kier molecular flexibility index (Phi) is 4.26. The Hall–Kier alpha value is -1.58. The van der Waals surface area contributed by atoms with Gasteiger partial charge in [-0.15, -0.1) is 0 Å². The normalized spacial score (nSPS) is 24.6. The second-order valence-electron chi connectivity index (χ2n) is 7.35. The molecule has 0 radical (unpaired) electrons. The van der Waals surface area contributed by atoms with Gasteiger partial charge in [-0.1, -0.05) is 20.8 Å². The second-order valence-corrected chi connectivity index (χ2v) is 7.35. The Morgan fingerprint density at radius 2 is 1.95 bits per heavy atom. The first-order chi connectivity index (χ1) is 9.69. The van der Waals surface area contributed by atoms with E-state index in [1.54, 1.807) is 13.0 Å². The van der Waals surface area contributed by atoms with E-state index >= 15 is 0 Å². The Balaban J connectivity index is 2.17. The molecule has 1 fully saturated rings. The molecule has 1 aliphatic carbocycles. The van der Waals surface area contributed by atoms with Crippen molar-refractivity contribution < 1.29 is 4.92 Å². The highest BCUT2D eigenvalue weighted by atomic mass is 16.6. The monoisotopic (exact) mass is 290 g/mol. The van der Waals surface area contributed by atoms with E-state index in [1.807, 2.05) is 13.0 Å². The molecule has 0 aliphatic heterocycles. The van der Waals surface area contributed by atoms with E-state index in [1.165, 1.54) is 12.8 Å². The molecule has 2 unspecified atom stereocenters. The molecule has 0 aromatic heterocycles. The Labute approximate surface area is 127 Å². The van der Waals surface area contributed by atoms with E-state index in [-0.39, 0.29) is 10.6 Å². The van der Waals surface area contributed by atoms with Crippen molar-refractivity contribution in [1.29, 1.82) is 0 Å². The van der Waals surface area contributed by atoms with Crippen LogP contribution in [0.2, 0.25) is 0 Å². The summed E-state index contributed by atoms with van der Waals surface area (Å²) in [4.78, 5) is 10.7. The van der Waals surface area contributed by atoms with Gasteiger partial charge in [-0.25, -0.2) is 0 Å². The number of benzene rings is 1. The summed E-state index contributed by atoms with van der Waals surface area (Å²) in [5.74, 6) is 0.614. The minimum Gasteiger partial charge on any atom is -0.382 e. The van der Waals surface area contributed by atoms with E-state index in [0.717, 1.165) is 23.2 Å². The minimum atomic E-state index is -0.308. The molecule has 4 nitrogen and oxygen atoms in total. The fourth-order valence-electron chi connectivity index (χ4n) is 3.51. The standard InChI is InChI=1S/C17H26N2O2/c1-11-9-16(19(20)21)12(2)8-15(11)18-14-6-7-17(4,5)10-13(14)3/h8-9,13-14,18H,6-7,10H2,1-5H3. The van der Waals surface area contributed by atoms with Gasteiger partial charge in [0, 0.05) is 23.4 Å². The molecule has 21 heavy (non-hydrogen) atoms. The molecular formula is C17H26N2O2. The first-order valence-electron chi connectivity index (χ1n) is 7.72. The van der Waals surface area contributed by atoms with Crippen molar-refractivity contribution in [3.8, 4) is 0 Å². The molecule has 0 bridgehead atoms. The number of aryl methyl sites for hydroxylation is 2. The number of hydrogen-bond acceptors (Lipinski definition) is 3. The number of nitrogens with zero attached hydrogens (tertiary/aromatic N) is 1. The van der Waals surface area contributed by atoms with Gasteiger partial charge in [0.05, 0.1) is 4.92 Å². The van der Waals surface area contributed by atoms with Gasteiger partial charge in [0.15, 0.2) is 0 Å². The van der Waals surface area contributed by atoms with Crippen molar-refractivity contribution in [2.24, 2.45) is 11.3 Å². The summed E-state index contributed by atoms with van der Waals surface area (Å²) in [5, 5.41) is 14.6. The Bertz CT molecular complexity index is 552. The minimum absolute atomic E-state index is 0.205. The Morgan fingerprint density at radius 1 is 1.29 bits per heavy atom. The van der Waals surface area contributed by atoms with Crippen LogP contribution in [-0.4, -0.2) is 11.0 Å². The number of nitrogens with one attached hydrogen (secondary N) is 1. The van der Waals surface area contributed by atoms with Crippen LogP contribution in [0.15, 0.2) is 12.1 Å². The average Bonchev–Trinajstić information content (AvgIpc) is 2.35. The molecule has 1 aromatic rings. The summed E-state index contributed by atoms with van der Waals surface area (Å²) in [5.41, 5.74) is 3.34. The van der Waals surface area contributed by atoms with Crippen LogP contribution in [0, 0.1) is 35.3 Å². The zero-order valence-corrected chi connectivity index (χ0v) is 13.7. The third kappa shape index (κ3) is 3.55. The third-order valence-corrected chi connectivity index (χ3v) is 4.77. The fourth-order valence-corrected chi connectivity index (χ4v) is 3.51. The van der Waals surface area contributed by atoms with Crippen LogP contribution >= 0.6 is 0 Å². The van der Waals surface area contributed by atoms with Crippen LogP contribution < -0.4 is 5.32 Å². The molecule has 0 amide bonds. The molecule has 2 rings (SSSR count). The maximum absolute atomic E-state index is 11.0. The number of hydrogen-bond donors (Lipinski definition) is 1. The molecule has 1 aliphatic rings. The lowest BCUT2D eigenvalue weighted by Gasteiger charge is -2.40. The molecule has 116 valence electrons. The summed E-state index contributed by atoms with van der Waals surface area (Å²) in [7, 11) is 0. The number of rotatable bonds is 3. The van der Waals surface area contributed by atoms with Crippen LogP contribution in [0.4, 0.5) is 11.4 Å². The van der Waals surface area contributed by atoms with Gasteiger partial charge in [-0.2, -0.15) is 0 Å². The summed E-state index contributed by atoms with van der Waals surface area (Å²) >= 11 is 0. The summed E-state index contributed by atoms with van der Waals surface area (Å²) in [6, 6.07) is 4.05. The third-order valence-electron chi connectivity index (χ3n) is 4.77. The van der Waals surface area contributed by atoms with Crippen molar-refractivity contribution in [2.45, 2.75) is 59.9 Å². The molecule has 0 saturated heterocycles. The molecule has 0 heterocycles. The predicted octanol–water partition coefficient (Wildman–Crippen LogP) is 4.84. The molecule has 0 spiro atoms. The lowest BCUT2D eigenvalue weighted by Crippen LogP contribution is -2.37. The summed E-state index contributed by atoms with van der Waals surface area (Å²) < 4.78 is 0. The van der Waals surface area contributed by atoms with Gasteiger partial charge >= 0.3 is 0 Å². The van der Waals surface area contributed by atoms with Gasteiger partial charge in [-0.05, 0) is 56.1 Å². The SMILES string of the molecule is Cc1cc([N+](=O)[O-])c(C)cc1NC1CCC(C)(C)CC1C. The maximum atomic E-state index is 11.0. The molecule has 4 heteroatoms. The highest BCUT2D eigenvalue weighted by Crippen LogP contribution is 2.40. The molecular weight excluding hydrogens is 264 g/mol.